The Kier molecular flexibility index (Phi) is 15.0. The van der Waals surface area contributed by atoms with Gasteiger partial charge in [-0.25, -0.2) is 0 Å². The van der Waals surface area contributed by atoms with Crippen molar-refractivity contribution in [3.05, 3.63) is 24.3 Å². The molecule has 0 aliphatic heterocycles. The van der Waals surface area contributed by atoms with E-state index in [1.54, 1.807) is 0 Å². The number of methoxy groups -OCH3 is 1. The van der Waals surface area contributed by atoms with Gasteiger partial charge in [-0.2, -0.15) is 0 Å². The fourth-order valence-electron chi connectivity index (χ4n) is 2.82. The quantitative estimate of drug-likeness (QED) is 0.111. The molecule has 0 radical (unpaired) electrons. The van der Waals surface area contributed by atoms with Crippen LogP contribution >= 0.6 is 0 Å². The summed E-state index contributed by atoms with van der Waals surface area (Å²) in [6.45, 7) is 13.2. The van der Waals surface area contributed by atoms with E-state index in [0.29, 0.717) is 12.8 Å². The molecule has 0 heterocycles. The van der Waals surface area contributed by atoms with Crippen LogP contribution in [0.2, 0.25) is 18.1 Å². The van der Waals surface area contributed by atoms with Crippen LogP contribution in [0, 0.1) is 0 Å². The van der Waals surface area contributed by atoms with Crippen molar-refractivity contribution in [2.24, 2.45) is 0 Å². The van der Waals surface area contributed by atoms with Crippen molar-refractivity contribution >= 4 is 20.1 Å². The Hall–Kier alpha value is -1.20. The van der Waals surface area contributed by atoms with Crippen LogP contribution in [-0.4, -0.2) is 33.3 Å². The first kappa shape index (κ1) is 28.8. The molecule has 0 aromatic rings. The molecule has 0 saturated carbocycles. The highest BCUT2D eigenvalue weighted by atomic mass is 28.4. The number of hydrogen-bond acceptors (Lipinski definition) is 4. The molecule has 174 valence electrons. The molecular formula is C25H46O4Si. The standard InChI is InChI=1S/C25H46O4Si/c1-8-9-10-11-13-16-19-22(26)23(29-30(6,7)25(2,3)4)20-17-14-12-15-18-21-24(27)28-5/h9-10,13,16,23H,8,11-12,14-15,17-21H2,1-7H3/b10-9-,16-13-/t23-/m1/s1. The maximum Gasteiger partial charge on any atom is 0.305 e. The Morgan fingerprint density at radius 2 is 1.53 bits per heavy atom. The van der Waals surface area contributed by atoms with Crippen molar-refractivity contribution in [3.63, 3.8) is 0 Å². The minimum atomic E-state index is -2.00. The highest BCUT2D eigenvalue weighted by molar-refractivity contribution is 6.74. The van der Waals surface area contributed by atoms with Gasteiger partial charge >= 0.3 is 5.97 Å². The van der Waals surface area contributed by atoms with Crippen molar-refractivity contribution in [3.8, 4) is 0 Å². The van der Waals surface area contributed by atoms with E-state index >= 15 is 0 Å². The van der Waals surface area contributed by atoms with Gasteiger partial charge in [-0.05, 0) is 43.8 Å². The number of Topliss-reactive ketones (excluding diaryl/α,β-unsaturated/α-hetero) is 1. The predicted octanol–water partition coefficient (Wildman–Crippen LogP) is 7.15. The van der Waals surface area contributed by atoms with Crippen molar-refractivity contribution in [2.75, 3.05) is 7.11 Å². The maximum absolute atomic E-state index is 12.9. The monoisotopic (exact) mass is 438 g/mol. The number of carbonyl (C=O) groups is 2. The van der Waals surface area contributed by atoms with Gasteiger partial charge in [-0.3, -0.25) is 9.59 Å². The number of hydrogen-bond donors (Lipinski definition) is 0. The molecule has 5 heteroatoms. The second-order valence-electron chi connectivity index (χ2n) is 9.51. The first-order valence-electron chi connectivity index (χ1n) is 11.6. The van der Waals surface area contributed by atoms with E-state index in [9.17, 15) is 9.59 Å². The lowest BCUT2D eigenvalue weighted by molar-refractivity contribution is -0.140. The third kappa shape index (κ3) is 13.2. The largest absolute Gasteiger partial charge is 0.469 e. The molecule has 0 aliphatic carbocycles. The lowest BCUT2D eigenvalue weighted by atomic mass is 10.0. The minimum absolute atomic E-state index is 0.0835. The topological polar surface area (TPSA) is 52.6 Å². The van der Waals surface area contributed by atoms with Crippen LogP contribution in [0.3, 0.4) is 0 Å². The van der Waals surface area contributed by atoms with E-state index in [2.05, 4.69) is 63.8 Å². The van der Waals surface area contributed by atoms with Crippen molar-refractivity contribution in [1.29, 1.82) is 0 Å². The average molecular weight is 439 g/mol. The van der Waals surface area contributed by atoms with Crippen molar-refractivity contribution < 1.29 is 18.8 Å². The molecule has 30 heavy (non-hydrogen) atoms. The molecule has 0 spiro atoms. The number of esters is 1. The normalized spacial score (nSPS) is 13.8. The number of carbonyl (C=O) groups excluding carboxylic acids is 2. The van der Waals surface area contributed by atoms with Crippen LogP contribution in [0.4, 0.5) is 0 Å². The zero-order chi connectivity index (χ0) is 23.0. The summed E-state index contributed by atoms with van der Waals surface area (Å²) in [7, 11) is -0.572. The van der Waals surface area contributed by atoms with E-state index < -0.39 is 8.32 Å². The fourth-order valence-corrected chi connectivity index (χ4v) is 4.13. The number of ether oxygens (including phenoxy) is 1. The molecule has 0 unspecified atom stereocenters. The van der Waals surface area contributed by atoms with Gasteiger partial charge in [-0.1, -0.05) is 77.7 Å². The van der Waals surface area contributed by atoms with Gasteiger partial charge in [0.25, 0.3) is 0 Å². The van der Waals surface area contributed by atoms with Crippen LogP contribution in [0.25, 0.3) is 0 Å². The fraction of sp³-hybridized carbons (Fsp3) is 0.760. The van der Waals surface area contributed by atoms with E-state index in [0.717, 1.165) is 51.4 Å². The second kappa shape index (κ2) is 15.6. The summed E-state index contributed by atoms with van der Waals surface area (Å²) >= 11 is 0. The smallest absolute Gasteiger partial charge is 0.305 e. The third-order valence-electron chi connectivity index (χ3n) is 5.84. The second-order valence-corrected chi connectivity index (χ2v) is 14.3. The SMILES string of the molecule is CC/C=C\C/C=C\CC(=O)[C@@H](CCCCCCCC(=O)OC)O[Si](C)(C)C(C)(C)C. The first-order chi connectivity index (χ1) is 14.0. The van der Waals surface area contributed by atoms with E-state index in [1.165, 1.54) is 7.11 Å². The maximum atomic E-state index is 12.9. The van der Waals surface area contributed by atoms with Gasteiger partial charge in [0, 0.05) is 12.8 Å². The lowest BCUT2D eigenvalue weighted by Gasteiger charge is -2.39. The molecule has 4 nitrogen and oxygen atoms in total. The molecule has 0 amide bonds. The molecular weight excluding hydrogens is 392 g/mol. The van der Waals surface area contributed by atoms with E-state index in [4.69, 9.17) is 4.43 Å². The summed E-state index contributed by atoms with van der Waals surface area (Å²) < 4.78 is 11.2. The van der Waals surface area contributed by atoms with Gasteiger partial charge < -0.3 is 9.16 Å². The van der Waals surface area contributed by atoms with Crippen LogP contribution in [0.5, 0.6) is 0 Å². The molecule has 0 aromatic heterocycles. The molecule has 0 rings (SSSR count). The lowest BCUT2D eigenvalue weighted by Crippen LogP contribution is -2.46. The molecule has 0 N–H and O–H groups in total. The van der Waals surface area contributed by atoms with Crippen LogP contribution in [0.15, 0.2) is 24.3 Å². The van der Waals surface area contributed by atoms with E-state index in [1.807, 2.05) is 6.08 Å². The van der Waals surface area contributed by atoms with Crippen LogP contribution in [-0.2, 0) is 18.8 Å². The number of unbranched alkanes of at least 4 members (excludes halogenated alkanes) is 4. The van der Waals surface area contributed by atoms with Crippen molar-refractivity contribution in [1.82, 2.24) is 0 Å². The number of allylic oxidation sites excluding steroid dienone is 4. The Balaban J connectivity index is 4.63. The summed E-state index contributed by atoms with van der Waals surface area (Å²) in [5.41, 5.74) is 0. The highest BCUT2D eigenvalue weighted by Gasteiger charge is 2.40. The summed E-state index contributed by atoms with van der Waals surface area (Å²) in [4.78, 5) is 24.0. The Morgan fingerprint density at radius 3 is 2.13 bits per heavy atom. The zero-order valence-electron chi connectivity index (χ0n) is 20.6. The first-order valence-corrected chi connectivity index (χ1v) is 14.5. The average Bonchev–Trinajstić information content (AvgIpc) is 2.67. The molecule has 0 aliphatic rings. The Bertz CT molecular complexity index is 544. The molecule has 0 fully saturated rings. The minimum Gasteiger partial charge on any atom is -0.469 e. The Labute approximate surface area is 186 Å². The number of ketones is 1. The molecule has 1 atom stereocenters. The van der Waals surface area contributed by atoms with Crippen LogP contribution in [0.1, 0.15) is 91.9 Å². The highest BCUT2D eigenvalue weighted by Crippen LogP contribution is 2.38. The summed E-state index contributed by atoms with van der Waals surface area (Å²) in [5, 5.41) is 0.0835. The zero-order valence-corrected chi connectivity index (χ0v) is 21.6. The Morgan fingerprint density at radius 1 is 0.933 bits per heavy atom. The summed E-state index contributed by atoms with van der Waals surface area (Å²) in [6.07, 6.45) is 16.6. The van der Waals surface area contributed by atoms with Crippen molar-refractivity contribution in [2.45, 2.75) is 116 Å². The predicted molar refractivity (Wildman–Crippen MR) is 129 cm³/mol. The molecule has 0 bridgehead atoms. The van der Waals surface area contributed by atoms with Gasteiger partial charge in [0.1, 0.15) is 6.10 Å². The van der Waals surface area contributed by atoms with E-state index in [-0.39, 0.29) is 22.9 Å². The van der Waals surface area contributed by atoms with Gasteiger partial charge in [0.05, 0.1) is 7.11 Å². The number of rotatable bonds is 16. The molecule has 0 aromatic carbocycles. The van der Waals surface area contributed by atoms with Gasteiger partial charge in [-0.15, -0.1) is 0 Å². The van der Waals surface area contributed by atoms with Crippen LogP contribution < -0.4 is 0 Å². The summed E-state index contributed by atoms with van der Waals surface area (Å²) in [5.74, 6) is 0.0582. The van der Waals surface area contributed by atoms with Gasteiger partial charge in [0.15, 0.2) is 14.1 Å². The summed E-state index contributed by atoms with van der Waals surface area (Å²) in [6, 6.07) is 0. The third-order valence-corrected chi connectivity index (χ3v) is 10.3. The molecule has 0 saturated heterocycles. The van der Waals surface area contributed by atoms with Gasteiger partial charge in [0.2, 0.25) is 0 Å².